The van der Waals surface area contributed by atoms with Crippen LogP contribution in [-0.4, -0.2) is 18.0 Å². The molecule has 0 radical (unpaired) electrons. The van der Waals surface area contributed by atoms with Gasteiger partial charge in [-0.2, -0.15) is 26.3 Å². The van der Waals surface area contributed by atoms with Crippen molar-refractivity contribution in [2.75, 3.05) is 0 Å². The first-order chi connectivity index (χ1) is 18.1. The monoisotopic (exact) mass is 549 g/mol. The SMILES string of the molecule is Cc1ccc(Oc2ccc(C(C(F)(F)F)(C(F)(F)F)C3(C)C=CC(OC4(C)C=CC(N)=CC4)=CC3)cc2)cc1. The Bertz CT molecular complexity index is 1310. The molecule has 2 N–H and O–H groups in total. The van der Waals surface area contributed by atoms with Crippen LogP contribution in [0.1, 0.15) is 37.8 Å². The summed E-state index contributed by atoms with van der Waals surface area (Å²) in [5.74, 6) is 0.712. The Morgan fingerprint density at radius 2 is 1.31 bits per heavy atom. The van der Waals surface area contributed by atoms with Gasteiger partial charge in [-0.25, -0.2) is 0 Å². The van der Waals surface area contributed by atoms with E-state index in [0.29, 0.717) is 17.9 Å². The maximum atomic E-state index is 14.8. The molecular weight excluding hydrogens is 520 g/mol. The van der Waals surface area contributed by atoms with Crippen LogP contribution in [0.25, 0.3) is 0 Å². The molecule has 2 unspecified atom stereocenters. The normalized spacial score (nSPS) is 23.7. The lowest BCUT2D eigenvalue weighted by atomic mass is 9.57. The quantitative estimate of drug-likeness (QED) is 0.367. The number of aryl methyl sites for hydroxylation is 1. The van der Waals surface area contributed by atoms with E-state index in [4.69, 9.17) is 15.2 Å². The van der Waals surface area contributed by atoms with E-state index in [-0.39, 0.29) is 11.5 Å². The minimum absolute atomic E-state index is 0.115. The number of rotatable bonds is 6. The van der Waals surface area contributed by atoms with Crippen LogP contribution in [0.15, 0.2) is 96.4 Å². The van der Waals surface area contributed by atoms with Gasteiger partial charge >= 0.3 is 12.4 Å². The van der Waals surface area contributed by atoms with Crippen molar-refractivity contribution in [1.82, 2.24) is 0 Å². The zero-order valence-corrected chi connectivity index (χ0v) is 21.7. The maximum absolute atomic E-state index is 14.8. The van der Waals surface area contributed by atoms with Crippen molar-refractivity contribution in [1.29, 1.82) is 0 Å². The summed E-state index contributed by atoms with van der Waals surface area (Å²) in [5, 5.41) is 0. The Balaban J connectivity index is 1.68. The first kappa shape index (κ1) is 28.4. The average molecular weight is 550 g/mol. The molecule has 0 fully saturated rings. The van der Waals surface area contributed by atoms with E-state index in [2.05, 4.69) is 0 Å². The molecular formula is C30H29F6NO2. The van der Waals surface area contributed by atoms with Crippen molar-refractivity contribution in [2.24, 2.45) is 11.1 Å². The first-order valence-electron chi connectivity index (χ1n) is 12.3. The molecule has 0 aliphatic heterocycles. The van der Waals surface area contributed by atoms with Crippen molar-refractivity contribution in [3.63, 3.8) is 0 Å². The molecule has 2 aliphatic rings. The number of benzene rings is 2. The molecule has 0 saturated carbocycles. The molecule has 2 aromatic carbocycles. The number of hydrogen-bond donors (Lipinski definition) is 1. The van der Waals surface area contributed by atoms with E-state index in [1.54, 1.807) is 49.4 Å². The molecule has 2 aromatic rings. The van der Waals surface area contributed by atoms with Crippen molar-refractivity contribution in [3.8, 4) is 11.5 Å². The molecule has 2 atom stereocenters. The number of hydrogen-bond acceptors (Lipinski definition) is 3. The number of allylic oxidation sites excluding steroid dienone is 4. The number of halogens is 6. The van der Waals surface area contributed by atoms with Gasteiger partial charge in [-0.05, 0) is 74.4 Å². The van der Waals surface area contributed by atoms with E-state index < -0.39 is 40.8 Å². The third-order valence-corrected chi connectivity index (χ3v) is 7.32. The predicted molar refractivity (Wildman–Crippen MR) is 137 cm³/mol. The van der Waals surface area contributed by atoms with Crippen LogP contribution in [0.5, 0.6) is 11.5 Å². The highest BCUT2D eigenvalue weighted by molar-refractivity contribution is 5.43. The smallest absolute Gasteiger partial charge is 0.408 e. The van der Waals surface area contributed by atoms with Crippen molar-refractivity contribution >= 4 is 0 Å². The summed E-state index contributed by atoms with van der Waals surface area (Å²) in [5.41, 5.74) is -1.09. The third kappa shape index (κ3) is 5.31. The van der Waals surface area contributed by atoms with Gasteiger partial charge in [0.1, 0.15) is 22.9 Å². The van der Waals surface area contributed by atoms with Gasteiger partial charge in [0, 0.05) is 17.5 Å². The van der Waals surface area contributed by atoms with E-state index in [1.165, 1.54) is 12.2 Å². The molecule has 0 amide bonds. The topological polar surface area (TPSA) is 44.5 Å². The molecule has 2 aliphatic carbocycles. The maximum Gasteiger partial charge on any atom is 0.408 e. The predicted octanol–water partition coefficient (Wildman–Crippen LogP) is 8.58. The van der Waals surface area contributed by atoms with Crippen LogP contribution in [0.4, 0.5) is 26.3 Å². The Hall–Kier alpha value is -3.62. The van der Waals surface area contributed by atoms with Crippen molar-refractivity contribution < 1.29 is 35.8 Å². The standard InChI is InChI=1S/C30H29F6NO2/c1-20-4-8-23(9-5-20)38-24-10-6-21(7-11-24)28(29(31,32)33,30(34,35)36)26(2)16-14-25(15-17-26)39-27(3)18-12-22(37)13-19-27/h4-16,18H,17,19,37H2,1-3H3. The molecule has 0 heterocycles. The minimum Gasteiger partial charge on any atom is -0.484 e. The van der Waals surface area contributed by atoms with E-state index in [1.807, 2.05) is 6.92 Å². The summed E-state index contributed by atoms with van der Waals surface area (Å²) in [6, 6.07) is 10.8. The van der Waals surface area contributed by atoms with Gasteiger partial charge in [-0.1, -0.05) is 48.9 Å². The average Bonchev–Trinajstić information content (AvgIpc) is 2.84. The number of alkyl halides is 6. The molecule has 0 spiro atoms. The molecule has 39 heavy (non-hydrogen) atoms. The summed E-state index contributed by atoms with van der Waals surface area (Å²) in [6.07, 6.45) is -2.98. The Kier molecular flexibility index (Phi) is 7.17. The fourth-order valence-corrected chi connectivity index (χ4v) is 5.12. The van der Waals surface area contributed by atoms with Crippen LogP contribution in [-0.2, 0) is 10.2 Å². The fraction of sp³-hybridized carbons (Fsp3) is 0.333. The van der Waals surface area contributed by atoms with E-state index >= 15 is 0 Å². The zero-order chi connectivity index (χ0) is 28.7. The van der Waals surface area contributed by atoms with Crippen LogP contribution in [0.2, 0.25) is 0 Å². The summed E-state index contributed by atoms with van der Waals surface area (Å²) < 4.78 is 100. The highest BCUT2D eigenvalue weighted by Crippen LogP contribution is 2.64. The Labute approximate surface area is 223 Å². The molecule has 3 nitrogen and oxygen atoms in total. The highest BCUT2D eigenvalue weighted by atomic mass is 19.4. The summed E-state index contributed by atoms with van der Waals surface area (Å²) in [4.78, 5) is 0. The largest absolute Gasteiger partial charge is 0.484 e. The third-order valence-electron chi connectivity index (χ3n) is 7.32. The van der Waals surface area contributed by atoms with Gasteiger partial charge in [-0.15, -0.1) is 0 Å². The van der Waals surface area contributed by atoms with Gasteiger partial charge in [0.15, 0.2) is 5.41 Å². The zero-order valence-electron chi connectivity index (χ0n) is 21.7. The Morgan fingerprint density at radius 1 is 0.744 bits per heavy atom. The second-order valence-corrected chi connectivity index (χ2v) is 10.4. The summed E-state index contributed by atoms with van der Waals surface area (Å²) in [6.45, 7) is 4.60. The highest BCUT2D eigenvalue weighted by Gasteiger charge is 2.78. The molecule has 0 bridgehead atoms. The van der Waals surface area contributed by atoms with Crippen molar-refractivity contribution in [2.45, 2.75) is 57.0 Å². The van der Waals surface area contributed by atoms with Gasteiger partial charge in [0.2, 0.25) is 0 Å². The molecule has 0 saturated heterocycles. The molecule has 208 valence electrons. The molecule has 9 heteroatoms. The van der Waals surface area contributed by atoms with Gasteiger partial charge in [0.25, 0.3) is 0 Å². The van der Waals surface area contributed by atoms with Crippen LogP contribution >= 0.6 is 0 Å². The second-order valence-electron chi connectivity index (χ2n) is 10.4. The van der Waals surface area contributed by atoms with Gasteiger partial charge in [-0.3, -0.25) is 0 Å². The first-order valence-corrected chi connectivity index (χ1v) is 12.3. The lowest BCUT2D eigenvalue weighted by Crippen LogP contribution is -2.63. The lowest BCUT2D eigenvalue weighted by Gasteiger charge is -2.49. The second kappa shape index (κ2) is 9.84. The minimum atomic E-state index is -5.67. The summed E-state index contributed by atoms with van der Waals surface area (Å²) >= 11 is 0. The molecule has 4 rings (SSSR count). The summed E-state index contributed by atoms with van der Waals surface area (Å²) in [7, 11) is 0. The number of nitrogens with two attached hydrogens (primary N) is 1. The molecule has 0 aromatic heterocycles. The number of ether oxygens (including phenoxy) is 2. The van der Waals surface area contributed by atoms with Crippen LogP contribution in [0.3, 0.4) is 0 Å². The van der Waals surface area contributed by atoms with Crippen LogP contribution in [0, 0.1) is 12.3 Å². The van der Waals surface area contributed by atoms with E-state index in [9.17, 15) is 26.3 Å². The van der Waals surface area contributed by atoms with Gasteiger partial charge in [0.05, 0.1) is 0 Å². The van der Waals surface area contributed by atoms with Crippen LogP contribution < -0.4 is 10.5 Å². The van der Waals surface area contributed by atoms with Crippen molar-refractivity contribution in [3.05, 3.63) is 108 Å². The van der Waals surface area contributed by atoms with E-state index in [0.717, 1.165) is 42.8 Å². The lowest BCUT2D eigenvalue weighted by molar-refractivity contribution is -0.329. The van der Waals surface area contributed by atoms with Gasteiger partial charge < -0.3 is 15.2 Å². The Morgan fingerprint density at radius 3 is 1.77 bits per heavy atom. The fourth-order valence-electron chi connectivity index (χ4n) is 5.12.